The van der Waals surface area contributed by atoms with E-state index in [2.05, 4.69) is 194 Å². The molecular weight excluding hydrogens is 733 g/mol. The first-order valence-corrected chi connectivity index (χ1v) is 24.6. The summed E-state index contributed by atoms with van der Waals surface area (Å²) in [7, 11) is 0. The zero-order valence-electron chi connectivity index (χ0n) is 45.3. The van der Waals surface area contributed by atoms with Crippen LogP contribution in [0.3, 0.4) is 0 Å². The first-order chi connectivity index (χ1) is 28.0. The number of rotatable bonds is 13. The van der Waals surface area contributed by atoms with Crippen LogP contribution in [0.1, 0.15) is 209 Å². The monoisotopic (exact) mass is 843 g/mol. The summed E-state index contributed by atoms with van der Waals surface area (Å²) in [5, 5.41) is 0. The summed E-state index contributed by atoms with van der Waals surface area (Å²) in [6, 6.07) is 0. The summed E-state index contributed by atoms with van der Waals surface area (Å²) in [5.74, 6) is 5.70. The molecule has 0 saturated heterocycles. The van der Waals surface area contributed by atoms with Crippen molar-refractivity contribution in [3.8, 4) is 0 Å². The highest BCUT2D eigenvalue weighted by atomic mass is 14.5. The maximum absolute atomic E-state index is 4.16. The van der Waals surface area contributed by atoms with Crippen LogP contribution in [0, 0.1) is 58.2 Å². The predicted molar refractivity (Wildman–Crippen MR) is 288 cm³/mol. The van der Waals surface area contributed by atoms with Crippen molar-refractivity contribution < 1.29 is 0 Å². The van der Waals surface area contributed by atoms with Crippen LogP contribution in [0.4, 0.5) is 0 Å². The maximum atomic E-state index is 4.16. The smallest absolute Gasteiger partial charge is 0.00195 e. The van der Waals surface area contributed by atoms with Gasteiger partial charge in [0, 0.05) is 5.92 Å². The van der Waals surface area contributed by atoms with Crippen molar-refractivity contribution in [3.63, 3.8) is 0 Å². The quantitative estimate of drug-likeness (QED) is 0.128. The molecule has 0 heterocycles. The zero-order chi connectivity index (χ0) is 48.7. The molecule has 61 heavy (non-hydrogen) atoms. The molecule has 0 aromatic rings. The fraction of sp³-hybridized carbons (Fsp3) is 0.672. The Kier molecular flexibility index (Phi) is 38.2. The first kappa shape index (κ1) is 65.0. The van der Waals surface area contributed by atoms with Crippen LogP contribution in [0.25, 0.3) is 0 Å². The van der Waals surface area contributed by atoms with Crippen LogP contribution in [-0.4, -0.2) is 0 Å². The van der Waals surface area contributed by atoms with E-state index in [1.165, 1.54) is 91.2 Å². The van der Waals surface area contributed by atoms with Crippen molar-refractivity contribution in [2.75, 3.05) is 0 Å². The molecule has 6 atom stereocenters. The van der Waals surface area contributed by atoms with Gasteiger partial charge >= 0.3 is 0 Å². The van der Waals surface area contributed by atoms with Crippen LogP contribution in [-0.2, 0) is 0 Å². The van der Waals surface area contributed by atoms with E-state index >= 15 is 0 Å². The van der Waals surface area contributed by atoms with E-state index in [-0.39, 0.29) is 0 Å². The molecule has 0 radical (unpaired) electrons. The second-order valence-corrected chi connectivity index (χ2v) is 21.4. The third-order valence-electron chi connectivity index (χ3n) is 12.8. The van der Waals surface area contributed by atoms with Crippen molar-refractivity contribution in [1.29, 1.82) is 0 Å². The Balaban J connectivity index is -0.000000325. The minimum atomic E-state index is 0.467. The Labute approximate surface area is 387 Å². The van der Waals surface area contributed by atoms with Gasteiger partial charge in [0.05, 0.1) is 0 Å². The van der Waals surface area contributed by atoms with E-state index in [0.717, 1.165) is 42.1 Å². The fourth-order valence-electron chi connectivity index (χ4n) is 7.67. The maximum Gasteiger partial charge on any atom is 0.00195 e. The van der Waals surface area contributed by atoms with Crippen LogP contribution in [0.5, 0.6) is 0 Å². The van der Waals surface area contributed by atoms with E-state index in [4.69, 9.17) is 0 Å². The molecule has 0 nitrogen and oxygen atoms in total. The summed E-state index contributed by atoms with van der Waals surface area (Å²) in [4.78, 5) is 0. The third kappa shape index (κ3) is 32.7. The summed E-state index contributed by atoms with van der Waals surface area (Å²) in [5.41, 5.74) is 10.1. The van der Waals surface area contributed by atoms with Gasteiger partial charge in [-0.3, -0.25) is 0 Å². The molecule has 2 saturated carbocycles. The van der Waals surface area contributed by atoms with Crippen molar-refractivity contribution in [2.45, 2.75) is 209 Å². The van der Waals surface area contributed by atoms with Crippen LogP contribution >= 0.6 is 0 Å². The van der Waals surface area contributed by atoms with E-state index in [9.17, 15) is 0 Å². The minimum absolute atomic E-state index is 0.467. The average Bonchev–Trinajstić information content (AvgIpc) is 3.47. The van der Waals surface area contributed by atoms with E-state index < -0.39 is 0 Å². The molecule has 0 heteroatoms. The summed E-state index contributed by atoms with van der Waals surface area (Å²) < 4.78 is 0. The van der Waals surface area contributed by atoms with Gasteiger partial charge in [-0.25, -0.2) is 0 Å². The molecule has 3 aliphatic rings. The van der Waals surface area contributed by atoms with Crippen LogP contribution in [0.2, 0.25) is 0 Å². The number of hydrogen-bond acceptors (Lipinski definition) is 0. The van der Waals surface area contributed by atoms with Gasteiger partial charge in [-0.15, -0.1) is 13.2 Å². The van der Waals surface area contributed by atoms with E-state index in [1.54, 1.807) is 6.08 Å². The van der Waals surface area contributed by atoms with E-state index in [1.807, 2.05) is 20.8 Å². The molecule has 3 aliphatic carbocycles. The van der Waals surface area contributed by atoms with Gasteiger partial charge in [0.15, 0.2) is 0 Å². The van der Waals surface area contributed by atoms with Gasteiger partial charge in [-0.05, 0) is 144 Å². The first-order valence-electron chi connectivity index (χ1n) is 24.6. The molecule has 0 aromatic heterocycles. The average molecular weight is 844 g/mol. The highest BCUT2D eigenvalue weighted by Crippen LogP contribution is 2.55. The Bertz CT molecular complexity index is 1320. The Morgan fingerprint density at radius 3 is 1.56 bits per heavy atom. The van der Waals surface area contributed by atoms with Gasteiger partial charge < -0.3 is 0 Å². The van der Waals surface area contributed by atoms with Crippen molar-refractivity contribution in [1.82, 2.24) is 0 Å². The Hall–Kier alpha value is -2.60. The van der Waals surface area contributed by atoms with Gasteiger partial charge in [0.1, 0.15) is 0 Å². The lowest BCUT2D eigenvalue weighted by molar-refractivity contribution is -0.00370. The molecule has 2 fully saturated rings. The molecule has 6 unspecified atom stereocenters. The lowest BCUT2D eigenvalue weighted by atomic mass is 9.52. The van der Waals surface area contributed by atoms with Crippen LogP contribution in [0.15, 0.2) is 122 Å². The zero-order valence-corrected chi connectivity index (χ0v) is 45.3. The lowest BCUT2D eigenvalue weighted by Gasteiger charge is -2.52. The number of hydrogen-bond donors (Lipinski definition) is 0. The van der Waals surface area contributed by atoms with Gasteiger partial charge in [-0.2, -0.15) is 0 Å². The van der Waals surface area contributed by atoms with Gasteiger partial charge in [-0.1, -0.05) is 226 Å². The van der Waals surface area contributed by atoms with Gasteiger partial charge in [0.25, 0.3) is 0 Å². The third-order valence-corrected chi connectivity index (χ3v) is 12.8. The highest BCUT2D eigenvalue weighted by Gasteiger charge is 2.46. The SMILES string of the molecule is C=C(C(C)C)C(C)C1=CC=CCC=C1.C=C(C)C(=C)C(C)CC(C)C.C=C(C)C(C)C1(CC)CCC1C.C=C(C)C(C)C1CCCCC1.C=C(C)CC.C=CC.CC(C)(C)C. The predicted octanol–water partition coefficient (Wildman–Crippen LogP) is 21.1. The second-order valence-electron chi connectivity index (χ2n) is 21.4. The Morgan fingerprint density at radius 2 is 1.26 bits per heavy atom. The molecule has 0 bridgehead atoms. The molecule has 0 aliphatic heterocycles. The molecule has 3 rings (SSSR count). The molecule has 354 valence electrons. The van der Waals surface area contributed by atoms with Crippen molar-refractivity contribution in [3.05, 3.63) is 122 Å². The highest BCUT2D eigenvalue weighted by molar-refractivity contribution is 5.34. The second kappa shape index (κ2) is 35.8. The molecule has 0 amide bonds. The topological polar surface area (TPSA) is 0 Å². The fourth-order valence-corrected chi connectivity index (χ4v) is 7.67. The summed E-state index contributed by atoms with van der Waals surface area (Å²) in [6.07, 6.45) is 27.4. The summed E-state index contributed by atoms with van der Waals surface area (Å²) in [6.45, 7) is 71.1. The molecule has 0 N–H and O–H groups in total. The van der Waals surface area contributed by atoms with Crippen molar-refractivity contribution >= 4 is 0 Å². The summed E-state index contributed by atoms with van der Waals surface area (Å²) >= 11 is 0. The van der Waals surface area contributed by atoms with Crippen molar-refractivity contribution in [2.24, 2.45) is 58.2 Å². The Morgan fingerprint density at radius 1 is 0.787 bits per heavy atom. The normalized spacial score (nSPS) is 19.8. The lowest BCUT2D eigenvalue weighted by Crippen LogP contribution is -2.43. The van der Waals surface area contributed by atoms with Gasteiger partial charge in [0.2, 0.25) is 0 Å². The largest absolute Gasteiger partial charge is 0.103 e. The number of allylic oxidation sites excluding steroid dienone is 13. The minimum Gasteiger partial charge on any atom is -0.103 e. The standard InChI is InChI=1S/C14H20.C12H22.2C11H20.C5H12.C5H10.C3H6/c1-11(2)12(3)13(4)14-9-7-5-6-8-10-14;1-6-12(8-7-10(12)4)11(5)9(2)3;1-9(2)10(3)11-7-5-4-6-8-11;1-8(2)7-10(5)11(6)9(3)4;1-5(2,3)4;1-4-5(2)3;1-3-2/h5,7-11,13H,3,6H2,1-2,4H3;10-11H,2,6-8H2,1,3-5H3;10-11H,1,4-8H2,2-3H3;8,10H,3,6-7H2,1-2,4-5H3;1-4H3;2,4H2,1,3H3;3H,1H2,2H3. The molecule has 0 spiro atoms. The van der Waals surface area contributed by atoms with Crippen LogP contribution < -0.4 is 0 Å². The molecular formula is C61H110. The molecule has 0 aromatic carbocycles. The van der Waals surface area contributed by atoms with E-state index in [0.29, 0.717) is 34.5 Å².